The fourth-order valence-corrected chi connectivity index (χ4v) is 5.17. The van der Waals surface area contributed by atoms with Crippen molar-refractivity contribution in [2.75, 3.05) is 11.4 Å². The van der Waals surface area contributed by atoms with Crippen LogP contribution in [0.1, 0.15) is 35.6 Å². The average molecular weight is 408 g/mol. The zero-order chi connectivity index (χ0) is 20.9. The maximum Gasteiger partial charge on any atom is 0.159 e. The van der Waals surface area contributed by atoms with E-state index in [1.54, 1.807) is 12.1 Å². The number of phenols is 1. The number of aryl methyl sites for hydroxylation is 1. The SMILES string of the molecule is Cc1cc(O)ccc1-c1nnc(N2CCc3ccccc3C2C2CC2)c2ccccc12. The number of hydrogen-bond donors (Lipinski definition) is 1. The van der Waals surface area contributed by atoms with Crippen LogP contribution in [0.3, 0.4) is 0 Å². The molecule has 6 rings (SSSR count). The van der Waals surface area contributed by atoms with Gasteiger partial charge in [0.15, 0.2) is 5.82 Å². The number of phenolic OH excluding ortho intramolecular Hbond substituents is 1. The monoisotopic (exact) mass is 407 g/mol. The molecule has 1 saturated carbocycles. The second-order valence-electron chi connectivity index (χ2n) is 8.84. The summed E-state index contributed by atoms with van der Waals surface area (Å²) in [5.41, 5.74) is 5.81. The van der Waals surface area contributed by atoms with E-state index in [0.717, 1.165) is 46.4 Å². The van der Waals surface area contributed by atoms with Gasteiger partial charge in [0, 0.05) is 22.9 Å². The molecular formula is C27H25N3O. The third-order valence-corrected chi connectivity index (χ3v) is 6.81. The molecule has 1 unspecified atom stereocenters. The Labute approximate surface area is 182 Å². The average Bonchev–Trinajstić information content (AvgIpc) is 3.63. The zero-order valence-corrected chi connectivity index (χ0v) is 17.6. The minimum absolute atomic E-state index is 0.273. The second kappa shape index (κ2) is 7.09. The summed E-state index contributed by atoms with van der Waals surface area (Å²) in [6.07, 6.45) is 3.60. The summed E-state index contributed by atoms with van der Waals surface area (Å²) in [5.74, 6) is 1.96. The van der Waals surface area contributed by atoms with E-state index >= 15 is 0 Å². The van der Waals surface area contributed by atoms with E-state index in [1.807, 2.05) is 13.0 Å². The van der Waals surface area contributed by atoms with Gasteiger partial charge in [-0.25, -0.2) is 0 Å². The highest BCUT2D eigenvalue weighted by atomic mass is 16.3. The first-order valence-corrected chi connectivity index (χ1v) is 11.1. The standard InChI is InChI=1S/C27H25N3O/c1-17-16-20(31)12-13-21(17)25-23-8-4-5-9-24(23)27(29-28-25)30-15-14-18-6-2-3-7-22(18)26(30)19-10-11-19/h2-9,12-13,16,19,26,31H,10-11,14-15H2,1H3. The molecule has 3 aromatic carbocycles. The lowest BCUT2D eigenvalue weighted by atomic mass is 9.89. The Morgan fingerprint density at radius 1 is 0.903 bits per heavy atom. The van der Waals surface area contributed by atoms with Crippen LogP contribution in [0.25, 0.3) is 22.0 Å². The summed E-state index contributed by atoms with van der Waals surface area (Å²) in [5, 5.41) is 21.6. The molecule has 1 fully saturated rings. The molecule has 1 aliphatic carbocycles. The van der Waals surface area contributed by atoms with Gasteiger partial charge in [0.05, 0.1) is 6.04 Å². The molecule has 4 heteroatoms. The summed E-state index contributed by atoms with van der Waals surface area (Å²) >= 11 is 0. The molecule has 0 bridgehead atoms. The fourth-order valence-electron chi connectivity index (χ4n) is 5.17. The summed E-state index contributed by atoms with van der Waals surface area (Å²) in [7, 11) is 0. The molecule has 2 aliphatic rings. The highest BCUT2D eigenvalue weighted by Gasteiger charge is 2.40. The number of benzene rings is 3. The number of fused-ring (bicyclic) bond motifs is 2. The molecular weight excluding hydrogens is 382 g/mol. The van der Waals surface area contributed by atoms with Gasteiger partial charge in [0.1, 0.15) is 11.4 Å². The van der Waals surface area contributed by atoms with Crippen LogP contribution in [0.4, 0.5) is 5.82 Å². The number of anilines is 1. The van der Waals surface area contributed by atoms with E-state index in [2.05, 4.69) is 53.4 Å². The van der Waals surface area contributed by atoms with E-state index in [9.17, 15) is 5.11 Å². The number of aromatic hydroxyl groups is 1. The lowest BCUT2D eigenvalue weighted by Gasteiger charge is -2.39. The lowest BCUT2D eigenvalue weighted by Crippen LogP contribution is -2.37. The first-order valence-electron chi connectivity index (χ1n) is 11.1. The van der Waals surface area contributed by atoms with Gasteiger partial charge in [-0.1, -0.05) is 48.5 Å². The maximum absolute atomic E-state index is 9.84. The van der Waals surface area contributed by atoms with Gasteiger partial charge in [-0.2, -0.15) is 0 Å². The van der Waals surface area contributed by atoms with Crippen LogP contribution in [-0.4, -0.2) is 21.8 Å². The predicted octanol–water partition coefficient (Wildman–Crippen LogP) is 5.82. The Morgan fingerprint density at radius 3 is 2.48 bits per heavy atom. The number of nitrogens with zero attached hydrogens (tertiary/aromatic N) is 3. The molecule has 0 amide bonds. The molecule has 4 nitrogen and oxygen atoms in total. The van der Waals surface area contributed by atoms with Gasteiger partial charge in [-0.3, -0.25) is 0 Å². The van der Waals surface area contributed by atoms with Gasteiger partial charge in [0.25, 0.3) is 0 Å². The van der Waals surface area contributed by atoms with E-state index in [4.69, 9.17) is 10.2 Å². The first kappa shape index (κ1) is 18.4. The van der Waals surface area contributed by atoms with Gasteiger partial charge < -0.3 is 10.0 Å². The number of rotatable bonds is 3. The second-order valence-corrected chi connectivity index (χ2v) is 8.84. The Bertz CT molecular complexity index is 1290. The molecule has 1 aromatic heterocycles. The largest absolute Gasteiger partial charge is 0.508 e. The Morgan fingerprint density at radius 2 is 1.68 bits per heavy atom. The van der Waals surface area contributed by atoms with Gasteiger partial charge in [-0.15, -0.1) is 10.2 Å². The third kappa shape index (κ3) is 3.05. The lowest BCUT2D eigenvalue weighted by molar-refractivity contribution is 0.475. The summed E-state index contributed by atoms with van der Waals surface area (Å²) < 4.78 is 0. The third-order valence-electron chi connectivity index (χ3n) is 6.81. The van der Waals surface area contributed by atoms with Gasteiger partial charge in [0.2, 0.25) is 0 Å². The van der Waals surface area contributed by atoms with E-state index < -0.39 is 0 Å². The fraction of sp³-hybridized carbons (Fsp3) is 0.259. The topological polar surface area (TPSA) is 49.3 Å². The minimum Gasteiger partial charge on any atom is -0.508 e. The van der Waals surface area contributed by atoms with Crippen molar-refractivity contribution in [3.8, 4) is 17.0 Å². The van der Waals surface area contributed by atoms with Crippen molar-refractivity contribution in [1.29, 1.82) is 0 Å². The molecule has 2 heterocycles. The summed E-state index contributed by atoms with van der Waals surface area (Å²) in [4.78, 5) is 2.50. The molecule has 4 aromatic rings. The van der Waals surface area contributed by atoms with Crippen molar-refractivity contribution < 1.29 is 5.11 Å². The molecule has 1 N–H and O–H groups in total. The van der Waals surface area contributed by atoms with Crippen LogP contribution in [0, 0.1) is 12.8 Å². The van der Waals surface area contributed by atoms with E-state index in [-0.39, 0.29) is 5.75 Å². The van der Waals surface area contributed by atoms with Crippen LogP contribution >= 0.6 is 0 Å². The molecule has 31 heavy (non-hydrogen) atoms. The quantitative estimate of drug-likeness (QED) is 0.465. The minimum atomic E-state index is 0.273. The summed E-state index contributed by atoms with van der Waals surface area (Å²) in [6, 6.07) is 23.2. The van der Waals surface area contributed by atoms with E-state index in [1.165, 1.54) is 24.0 Å². The highest BCUT2D eigenvalue weighted by molar-refractivity contribution is 6.01. The first-order chi connectivity index (χ1) is 15.2. The van der Waals surface area contributed by atoms with Crippen LogP contribution in [-0.2, 0) is 6.42 Å². The van der Waals surface area contributed by atoms with Crippen molar-refractivity contribution in [1.82, 2.24) is 10.2 Å². The summed E-state index contributed by atoms with van der Waals surface area (Å²) in [6.45, 7) is 2.97. The predicted molar refractivity (Wildman–Crippen MR) is 124 cm³/mol. The molecule has 0 saturated heterocycles. The maximum atomic E-state index is 9.84. The Balaban J connectivity index is 1.52. The molecule has 154 valence electrons. The Kier molecular flexibility index (Phi) is 4.20. The van der Waals surface area contributed by atoms with Crippen molar-refractivity contribution in [2.24, 2.45) is 5.92 Å². The zero-order valence-electron chi connectivity index (χ0n) is 17.6. The van der Waals surface area contributed by atoms with Crippen molar-refractivity contribution in [3.05, 3.63) is 83.4 Å². The molecule has 0 spiro atoms. The molecule has 0 radical (unpaired) electrons. The van der Waals surface area contributed by atoms with Crippen molar-refractivity contribution in [3.63, 3.8) is 0 Å². The van der Waals surface area contributed by atoms with E-state index in [0.29, 0.717) is 12.0 Å². The van der Waals surface area contributed by atoms with Crippen molar-refractivity contribution >= 4 is 16.6 Å². The van der Waals surface area contributed by atoms with Crippen LogP contribution in [0.5, 0.6) is 5.75 Å². The van der Waals surface area contributed by atoms with Gasteiger partial charge in [-0.05, 0) is 67.0 Å². The Hall–Kier alpha value is -3.40. The van der Waals surface area contributed by atoms with Crippen LogP contribution in [0.2, 0.25) is 0 Å². The van der Waals surface area contributed by atoms with Crippen molar-refractivity contribution in [2.45, 2.75) is 32.2 Å². The van der Waals surface area contributed by atoms with Crippen LogP contribution < -0.4 is 4.90 Å². The van der Waals surface area contributed by atoms with Gasteiger partial charge >= 0.3 is 0 Å². The smallest absolute Gasteiger partial charge is 0.159 e. The normalized spacial score (nSPS) is 18.2. The molecule has 1 atom stereocenters. The number of hydrogen-bond acceptors (Lipinski definition) is 4. The molecule has 1 aliphatic heterocycles. The number of aromatic nitrogens is 2. The highest BCUT2D eigenvalue weighted by Crippen LogP contribution is 2.49. The van der Waals surface area contributed by atoms with Crippen LogP contribution in [0.15, 0.2) is 66.7 Å².